The van der Waals surface area contributed by atoms with Gasteiger partial charge in [0, 0.05) is 49.0 Å². The lowest BCUT2D eigenvalue weighted by molar-refractivity contribution is 0.270. The summed E-state index contributed by atoms with van der Waals surface area (Å²) in [5.74, 6) is 11.0. The molecule has 7 nitrogen and oxygen atoms in total. The second-order valence-electron chi connectivity index (χ2n) is 10.5. The number of aromatic nitrogens is 1. The Hall–Kier alpha value is -4.43. The van der Waals surface area contributed by atoms with Gasteiger partial charge in [0.2, 0.25) is 0 Å². The molecule has 0 aliphatic heterocycles. The summed E-state index contributed by atoms with van der Waals surface area (Å²) in [6.45, 7) is 15.2. The predicted molar refractivity (Wildman–Crippen MR) is 178 cm³/mol. The number of unbranched alkanes of at least 4 members (excludes halogenated alkanes) is 1. The maximum atomic E-state index is 12.1. The van der Waals surface area contributed by atoms with Gasteiger partial charge in [-0.25, -0.2) is 5.01 Å². The number of fused-ring (bicyclic) bond motifs is 1. The zero-order chi connectivity index (χ0) is 30.5. The van der Waals surface area contributed by atoms with Gasteiger partial charge in [0.25, 0.3) is 5.56 Å². The number of pyridine rings is 1. The highest BCUT2D eigenvalue weighted by Crippen LogP contribution is 2.30. The molecule has 4 aromatic rings. The average Bonchev–Trinajstić information content (AvgIpc) is 2.99. The summed E-state index contributed by atoms with van der Waals surface area (Å²) in [5.41, 5.74) is 10.2. The van der Waals surface area contributed by atoms with E-state index in [1.807, 2.05) is 29.4 Å². The van der Waals surface area contributed by atoms with Crippen molar-refractivity contribution in [3.05, 3.63) is 137 Å². The fraction of sp³-hybridized carbons (Fsp3) is 0.229. The monoisotopic (exact) mass is 564 g/mol. The lowest BCUT2D eigenvalue weighted by atomic mass is 9.96. The molecule has 0 saturated heterocycles. The molecule has 0 aliphatic rings. The van der Waals surface area contributed by atoms with Gasteiger partial charge in [-0.3, -0.25) is 16.5 Å². The molecule has 0 fully saturated rings. The Morgan fingerprint density at radius 1 is 0.976 bits per heavy atom. The number of H-pyrrole nitrogens is 1. The molecule has 7 heteroatoms. The molecule has 0 saturated carbocycles. The van der Waals surface area contributed by atoms with E-state index in [1.165, 1.54) is 22.9 Å². The number of hydrogen-bond acceptors (Lipinski definition) is 6. The second-order valence-corrected chi connectivity index (χ2v) is 10.5. The minimum atomic E-state index is -0.0563. The molecule has 3 aromatic carbocycles. The predicted octanol–water partition coefficient (Wildman–Crippen LogP) is 6.73. The van der Waals surface area contributed by atoms with Crippen molar-refractivity contribution in [2.75, 3.05) is 11.4 Å². The Bertz CT molecular complexity index is 1570. The van der Waals surface area contributed by atoms with Crippen LogP contribution < -0.4 is 27.6 Å². The largest absolute Gasteiger partial charge is 0.332 e. The number of nitrogens with one attached hydrogen (secondary N) is 2. The summed E-state index contributed by atoms with van der Waals surface area (Å²) >= 11 is 0. The highest BCUT2D eigenvalue weighted by Gasteiger charge is 2.10. The fourth-order valence-corrected chi connectivity index (χ4v) is 4.71. The third kappa shape index (κ3) is 9.31. The fourth-order valence-electron chi connectivity index (χ4n) is 4.71. The van der Waals surface area contributed by atoms with Gasteiger partial charge in [-0.1, -0.05) is 68.5 Å². The van der Waals surface area contributed by atoms with Crippen LogP contribution in [0.2, 0.25) is 0 Å². The maximum Gasteiger partial charge on any atom is 0.255 e. The minimum absolute atomic E-state index is 0.0563. The molecule has 0 unspecified atom stereocenters. The van der Waals surface area contributed by atoms with Crippen LogP contribution in [0.3, 0.4) is 0 Å². The smallest absolute Gasteiger partial charge is 0.255 e. The van der Waals surface area contributed by atoms with Gasteiger partial charge < -0.3 is 15.3 Å². The molecule has 4 rings (SSSR count). The summed E-state index contributed by atoms with van der Waals surface area (Å²) in [4.78, 5) is 16.9. The first-order valence-electron chi connectivity index (χ1n) is 14.2. The first-order valence-corrected chi connectivity index (χ1v) is 14.2. The Morgan fingerprint density at radius 2 is 1.71 bits per heavy atom. The number of hydrazine groups is 2. The van der Waals surface area contributed by atoms with Crippen molar-refractivity contribution in [1.29, 1.82) is 0 Å². The molecule has 0 amide bonds. The number of anilines is 1. The van der Waals surface area contributed by atoms with E-state index >= 15 is 0 Å². The number of aromatic amines is 1. The lowest BCUT2D eigenvalue weighted by Gasteiger charge is -2.21. The van der Waals surface area contributed by atoms with Crippen molar-refractivity contribution < 1.29 is 0 Å². The van der Waals surface area contributed by atoms with Crippen LogP contribution in [0.1, 0.15) is 50.3 Å². The summed E-state index contributed by atoms with van der Waals surface area (Å²) in [6, 6.07) is 23.3. The van der Waals surface area contributed by atoms with E-state index in [9.17, 15) is 4.79 Å². The molecule has 0 atom stereocenters. The van der Waals surface area contributed by atoms with Crippen molar-refractivity contribution in [1.82, 2.24) is 15.4 Å². The number of nitrogens with zero attached hydrogens (tertiary/aromatic N) is 2. The second kappa shape index (κ2) is 16.1. The first-order chi connectivity index (χ1) is 20.3. The van der Waals surface area contributed by atoms with Gasteiger partial charge in [-0.15, -0.1) is 0 Å². The third-order valence-corrected chi connectivity index (χ3v) is 6.68. The van der Waals surface area contributed by atoms with Gasteiger partial charge in [-0.05, 0) is 90.2 Å². The molecule has 42 heavy (non-hydrogen) atoms. The lowest BCUT2D eigenvalue weighted by Crippen LogP contribution is -2.31. The number of hydrogen-bond donors (Lipinski definition) is 4. The number of allylic oxidation sites excluding steroid dienone is 1. The van der Waals surface area contributed by atoms with Gasteiger partial charge in [0.15, 0.2) is 0 Å². The number of rotatable bonds is 12. The van der Waals surface area contributed by atoms with Gasteiger partial charge in [0.05, 0.1) is 0 Å². The molecule has 0 spiro atoms. The summed E-state index contributed by atoms with van der Waals surface area (Å²) in [6.07, 6.45) is 10.0. The average molecular weight is 565 g/mol. The van der Waals surface area contributed by atoms with E-state index in [0.717, 1.165) is 53.6 Å². The van der Waals surface area contributed by atoms with E-state index in [0.29, 0.717) is 11.9 Å². The van der Waals surface area contributed by atoms with Crippen molar-refractivity contribution in [2.24, 2.45) is 11.7 Å². The Morgan fingerprint density at radius 3 is 2.40 bits per heavy atom. The van der Waals surface area contributed by atoms with Gasteiger partial charge in [-0.2, -0.15) is 0 Å². The van der Waals surface area contributed by atoms with Crippen molar-refractivity contribution >= 4 is 16.5 Å². The van der Waals surface area contributed by atoms with Crippen LogP contribution in [0.5, 0.6) is 0 Å². The van der Waals surface area contributed by atoms with Crippen LogP contribution in [0.4, 0.5) is 5.69 Å². The van der Waals surface area contributed by atoms with Crippen LogP contribution in [0.15, 0.2) is 115 Å². The third-order valence-electron chi connectivity index (χ3n) is 6.68. The van der Waals surface area contributed by atoms with Crippen molar-refractivity contribution in [2.45, 2.75) is 46.6 Å². The number of benzene rings is 3. The van der Waals surface area contributed by atoms with E-state index in [1.54, 1.807) is 6.20 Å². The number of nitrogens with two attached hydrogens (primary N) is 2. The van der Waals surface area contributed by atoms with Crippen molar-refractivity contribution in [3.63, 3.8) is 0 Å². The molecule has 220 valence electrons. The van der Waals surface area contributed by atoms with Crippen LogP contribution in [-0.4, -0.2) is 16.5 Å². The summed E-state index contributed by atoms with van der Waals surface area (Å²) in [5, 5.41) is 3.57. The molecule has 0 bridgehead atoms. The standard InChI is InChI=1S/C33H38N4O.C2H6N2/c1-5-7-15-37(34)23-27-19-30(21-31(20-27)36(6-2)22-24(3)4)28-10-8-9-25(17-28)16-26-11-12-32-29(18-26)13-14-35-33(32)38;1-2-4-3/h6,8-14,17-22H,2,5,7,15-16,23,34H2,1,3-4H3,(H,35,38);2,4H,1,3H2. The quantitative estimate of drug-likeness (QED) is 0.112. The topological polar surface area (TPSA) is 103 Å². The molecule has 0 aliphatic carbocycles. The zero-order valence-corrected chi connectivity index (χ0v) is 25.1. The van der Waals surface area contributed by atoms with Gasteiger partial charge >= 0.3 is 0 Å². The van der Waals surface area contributed by atoms with E-state index in [2.05, 4.69) is 110 Å². The van der Waals surface area contributed by atoms with E-state index in [-0.39, 0.29) is 5.56 Å². The highest BCUT2D eigenvalue weighted by molar-refractivity contribution is 5.82. The van der Waals surface area contributed by atoms with E-state index in [4.69, 9.17) is 5.84 Å². The first kappa shape index (κ1) is 32.1. The zero-order valence-electron chi connectivity index (χ0n) is 25.1. The summed E-state index contributed by atoms with van der Waals surface area (Å²) in [7, 11) is 0. The molecule has 1 aromatic heterocycles. The maximum absolute atomic E-state index is 12.1. The molecular formula is C35H44N6O. The van der Waals surface area contributed by atoms with Crippen LogP contribution in [-0.2, 0) is 13.0 Å². The Labute approximate surface area is 249 Å². The molecule has 6 N–H and O–H groups in total. The molecular weight excluding hydrogens is 520 g/mol. The SMILES string of the molecule is C=CN(C=C(C)C)c1cc(CN(N)CCCC)cc(-c2cccc(Cc3ccc4c(=O)[nH]ccc4c3)c2)c1.C=CNN. The van der Waals surface area contributed by atoms with Crippen LogP contribution in [0.25, 0.3) is 21.9 Å². The van der Waals surface area contributed by atoms with Crippen LogP contribution in [0, 0.1) is 0 Å². The Kier molecular flexibility index (Phi) is 12.3. The summed E-state index contributed by atoms with van der Waals surface area (Å²) < 4.78 is 0. The normalized spacial score (nSPS) is 10.5. The molecule has 1 heterocycles. The van der Waals surface area contributed by atoms with E-state index < -0.39 is 0 Å². The minimum Gasteiger partial charge on any atom is -0.332 e. The molecule has 0 radical (unpaired) electrons. The Balaban J connectivity index is 0.00000114. The van der Waals surface area contributed by atoms with Gasteiger partial charge in [0.1, 0.15) is 0 Å². The van der Waals surface area contributed by atoms with Crippen molar-refractivity contribution in [3.8, 4) is 11.1 Å². The van der Waals surface area contributed by atoms with Crippen LogP contribution >= 0.6 is 0 Å². The highest BCUT2D eigenvalue weighted by atomic mass is 16.1.